The normalized spacial score (nSPS) is 44.2. The molecule has 0 bridgehead atoms. The Bertz CT molecular complexity index is 2450. The summed E-state index contributed by atoms with van der Waals surface area (Å²) in [7, 11) is 0. The number of carbonyl (C=O) groups is 3. The lowest BCUT2D eigenvalue weighted by Crippen LogP contribution is -2.65. The minimum absolute atomic E-state index is 0.0552. The second-order valence-corrected chi connectivity index (χ2v) is 23.0. The summed E-state index contributed by atoms with van der Waals surface area (Å²) >= 11 is 0. The Morgan fingerprint density at radius 3 is 2.04 bits per heavy atom. The molecule has 22 atom stereocenters. The minimum atomic E-state index is -2.14. The third-order valence-corrected chi connectivity index (χ3v) is 18.6. The first-order chi connectivity index (χ1) is 35.6. The second-order valence-electron chi connectivity index (χ2n) is 23.0. The molecule has 22 heteroatoms. The number of rotatable bonds is 10. The van der Waals surface area contributed by atoms with Crippen molar-refractivity contribution in [1.82, 2.24) is 0 Å². The number of fused-ring (bicyclic) bond motifs is 7. The Hall–Kier alpha value is -4.07. The Balaban J connectivity index is 0.778. The first-order valence-electron chi connectivity index (χ1n) is 26.2. The average Bonchev–Trinajstić information content (AvgIpc) is 3.81. The third kappa shape index (κ3) is 9.97. The molecule has 4 aliphatic heterocycles. The molecule has 75 heavy (non-hydrogen) atoms. The molecule has 8 aliphatic rings. The van der Waals surface area contributed by atoms with E-state index in [4.69, 9.17) is 37.9 Å². The molecule has 7 N–H and O–H groups in total. The van der Waals surface area contributed by atoms with Crippen LogP contribution < -0.4 is 10.6 Å². The number of hydrogen-bond acceptors (Lipinski definition) is 16. The molecule has 4 saturated carbocycles. The lowest BCUT2D eigenvalue weighted by Gasteiger charge is -2.60. The quantitative estimate of drug-likeness (QED) is 0.112. The van der Waals surface area contributed by atoms with Crippen molar-refractivity contribution in [2.24, 2.45) is 52.3 Å². The van der Waals surface area contributed by atoms with Crippen molar-refractivity contribution in [1.29, 1.82) is 0 Å². The zero-order valence-corrected chi connectivity index (χ0v) is 42.2. The average molecular weight is 1070 g/mol. The summed E-state index contributed by atoms with van der Waals surface area (Å²) in [4.78, 5) is 40.4. The van der Waals surface area contributed by atoms with Gasteiger partial charge in [0.1, 0.15) is 78.4 Å². The predicted octanol–water partition coefficient (Wildman–Crippen LogP) is 5.69. The molecule has 8 fully saturated rings. The van der Waals surface area contributed by atoms with E-state index in [1.54, 1.807) is 0 Å². The van der Waals surface area contributed by atoms with Crippen LogP contribution >= 0.6 is 0 Å². The monoisotopic (exact) mass is 1060 g/mol. The highest BCUT2D eigenvalue weighted by Gasteiger charge is 2.71. The summed E-state index contributed by atoms with van der Waals surface area (Å²) in [5, 5.41) is 60.4. The van der Waals surface area contributed by atoms with Gasteiger partial charge in [0.15, 0.2) is 24.5 Å². The zero-order valence-electron chi connectivity index (χ0n) is 42.2. The van der Waals surface area contributed by atoms with Gasteiger partial charge in [0.25, 0.3) is 0 Å². The van der Waals surface area contributed by atoms with Crippen LogP contribution in [0, 0.1) is 75.5 Å². The fourth-order valence-corrected chi connectivity index (χ4v) is 14.9. The van der Waals surface area contributed by atoms with Crippen LogP contribution in [0.2, 0.25) is 0 Å². The van der Waals surface area contributed by atoms with E-state index in [9.17, 15) is 57.5 Å². The van der Waals surface area contributed by atoms with Crippen molar-refractivity contribution < 1.29 is 95.4 Å². The minimum Gasteiger partial charge on any atom is -0.446 e. The molecule has 18 nitrogen and oxygen atoms in total. The molecular weight excluding hydrogens is 997 g/mol. The van der Waals surface area contributed by atoms with Crippen molar-refractivity contribution in [3.05, 3.63) is 59.7 Å². The maximum absolute atomic E-state index is 14.7. The maximum atomic E-state index is 14.7. The highest BCUT2D eigenvalue weighted by atomic mass is 19.1. The molecule has 4 saturated heterocycles. The van der Waals surface area contributed by atoms with Crippen molar-refractivity contribution in [2.45, 2.75) is 165 Å². The van der Waals surface area contributed by atoms with Gasteiger partial charge in [-0.25, -0.2) is 27.2 Å². The van der Waals surface area contributed by atoms with Gasteiger partial charge in [0.2, 0.25) is 0 Å². The summed E-state index contributed by atoms with van der Waals surface area (Å²) < 4.78 is 104. The Kier molecular flexibility index (Phi) is 15.2. The van der Waals surface area contributed by atoms with Gasteiger partial charge in [0, 0.05) is 36.8 Å². The summed E-state index contributed by atoms with van der Waals surface area (Å²) in [5.41, 5.74) is -1.49. The molecule has 1 spiro atoms. The molecule has 2 aromatic rings. The van der Waals surface area contributed by atoms with E-state index >= 15 is 0 Å². The van der Waals surface area contributed by atoms with Gasteiger partial charge in [-0.05, 0) is 110 Å². The fourth-order valence-electron chi connectivity index (χ4n) is 14.9. The summed E-state index contributed by atoms with van der Waals surface area (Å²) in [6.07, 6.45) is -14.4. The maximum Gasteiger partial charge on any atom is 0.412 e. The molecule has 3 unspecified atom stereocenters. The molecule has 2 aromatic carbocycles. The number of benzene rings is 2. The lowest BCUT2D eigenvalue weighted by molar-refractivity contribution is -0.363. The molecule has 4 heterocycles. The number of nitrogens with one attached hydrogen (secondary N) is 2. The molecule has 0 radical (unpaired) electrons. The van der Waals surface area contributed by atoms with E-state index in [1.807, 2.05) is 5.32 Å². The topological polar surface area (TPSA) is 250 Å². The van der Waals surface area contributed by atoms with Crippen LogP contribution in [0.3, 0.4) is 0 Å². The van der Waals surface area contributed by atoms with Gasteiger partial charge in [-0.3, -0.25) is 15.4 Å². The Morgan fingerprint density at radius 2 is 1.40 bits per heavy atom. The summed E-state index contributed by atoms with van der Waals surface area (Å²) in [6, 6.07) is 4.49. The van der Waals surface area contributed by atoms with Gasteiger partial charge < -0.3 is 63.4 Å². The number of amides is 2. The second kappa shape index (κ2) is 21.0. The van der Waals surface area contributed by atoms with Crippen LogP contribution in [0.1, 0.15) is 85.5 Å². The third-order valence-electron chi connectivity index (χ3n) is 18.6. The number of Topliss-reactive ketones (excluding diaryl/α,β-unsaturated/α-hetero) is 1. The number of aliphatic hydroxyl groups excluding tert-OH is 5. The van der Waals surface area contributed by atoms with E-state index in [-0.39, 0.29) is 46.5 Å². The van der Waals surface area contributed by atoms with E-state index < -0.39 is 133 Å². The zero-order chi connectivity index (χ0) is 53.5. The number of aliphatic hydroxyl groups is 5. The van der Waals surface area contributed by atoms with Crippen LogP contribution in [-0.2, 0) is 42.7 Å². The largest absolute Gasteiger partial charge is 0.446 e. The highest BCUT2D eigenvalue weighted by Crippen LogP contribution is 2.70. The lowest BCUT2D eigenvalue weighted by atomic mass is 9.44. The number of halogens is 4. The number of hydrogen-bond donors (Lipinski definition) is 7. The Labute approximate surface area is 431 Å². The van der Waals surface area contributed by atoms with Gasteiger partial charge >= 0.3 is 12.2 Å². The van der Waals surface area contributed by atoms with Crippen molar-refractivity contribution in [3.8, 4) is 0 Å². The molecule has 0 aromatic heterocycles. The van der Waals surface area contributed by atoms with Crippen LogP contribution in [0.15, 0.2) is 36.4 Å². The van der Waals surface area contributed by atoms with E-state index in [1.165, 1.54) is 0 Å². The number of ketones is 1. The van der Waals surface area contributed by atoms with Gasteiger partial charge in [-0.15, -0.1) is 0 Å². The summed E-state index contributed by atoms with van der Waals surface area (Å²) in [6.45, 7) is 7.98. The molecule has 2 amide bonds. The molecule has 4 aliphatic carbocycles. The first kappa shape index (κ1) is 54.3. The van der Waals surface area contributed by atoms with Gasteiger partial charge in [-0.2, -0.15) is 0 Å². The Morgan fingerprint density at radius 1 is 0.760 bits per heavy atom. The van der Waals surface area contributed by atoms with Crippen molar-refractivity contribution in [2.75, 3.05) is 30.5 Å². The first-order valence-corrected chi connectivity index (χ1v) is 26.2. The standard InChI is InChI=1S/C53H68F4N2O16/c1-23-11-14-53(69-21-23)24(2)39-36(75-53)18-30-29-8-5-25-15-28(12-13-51(25,3)40(29)35(61)19-52(30,39)4)70-47-43(64)41(62)45(37(20-60)71-47)73-48-44(65)42(63)46(74-50(67)59-34-10-7-27(55)17-32(34)57)38(72-48)22-68-49(66)58-33-9-6-26(54)16-31(33)56/h6-7,9-10,16-17,23-25,28-30,36-48,60,62-65H,5,8,11-15,18-22H2,1-4H3,(H,58,66)(H,59,67)/t23-,24?,25+,28+,29+,30+,36?,37-,38-,39?,40-,41-,42-,43-,44-,45-,46-,47-,48+,51+,52+,53-/m1/s1. The number of carbonyl (C=O) groups excluding carboxylic acids is 3. The number of ether oxygens (including phenoxy) is 8. The van der Waals surface area contributed by atoms with Crippen molar-refractivity contribution >= 4 is 29.3 Å². The van der Waals surface area contributed by atoms with Crippen LogP contribution in [0.4, 0.5) is 38.5 Å². The van der Waals surface area contributed by atoms with Crippen LogP contribution in [0.25, 0.3) is 0 Å². The van der Waals surface area contributed by atoms with Gasteiger partial charge in [0.05, 0.1) is 36.8 Å². The molecule has 414 valence electrons. The van der Waals surface area contributed by atoms with Gasteiger partial charge in [-0.1, -0.05) is 27.7 Å². The van der Waals surface area contributed by atoms with E-state index in [2.05, 4.69) is 33.0 Å². The smallest absolute Gasteiger partial charge is 0.412 e. The molecule has 10 rings (SSSR count). The summed E-state index contributed by atoms with van der Waals surface area (Å²) in [5.74, 6) is -2.98. The van der Waals surface area contributed by atoms with E-state index in [0.29, 0.717) is 62.0 Å². The van der Waals surface area contributed by atoms with Crippen molar-refractivity contribution in [3.63, 3.8) is 0 Å². The number of anilines is 2. The highest BCUT2D eigenvalue weighted by molar-refractivity contribution is 5.86. The molecular formula is C53H68F4N2O16. The van der Waals surface area contributed by atoms with Crippen LogP contribution in [-0.4, -0.2) is 143 Å². The SMILES string of the molecule is CC1C2C(C[C@H]3[C@@H]4CC[C@H]5C[C@@H](O[C@@H]6O[C@H](CO)[C@@H](O[C@@H]7O[C@H](COC(=O)Nc8ccc(F)cc8F)[C@@H](OC(=O)Nc8ccc(F)cc8F)[C@H](O)[C@H]7O)[C@H](O)[C@H]6O)CC[C@]5(C)[C@H]4C(=O)C[C@]23C)O[C@]12CC[C@@H](C)CO2. The van der Waals surface area contributed by atoms with E-state index in [0.717, 1.165) is 56.4 Å². The predicted molar refractivity (Wildman–Crippen MR) is 252 cm³/mol. The van der Waals surface area contributed by atoms with Crippen LogP contribution in [0.5, 0.6) is 0 Å². The fraction of sp³-hybridized carbons (Fsp3) is 0.717.